The van der Waals surface area contributed by atoms with Crippen LogP contribution in [0.15, 0.2) is 41.3 Å². The normalized spacial score (nSPS) is 10.7. The van der Waals surface area contributed by atoms with Crippen LogP contribution in [0, 0.1) is 0 Å². The zero-order valence-electron chi connectivity index (χ0n) is 17.7. The van der Waals surface area contributed by atoms with Crippen molar-refractivity contribution in [2.45, 2.75) is 4.90 Å². The summed E-state index contributed by atoms with van der Waals surface area (Å²) in [5, 5.41) is 0.629. The Balaban J connectivity index is 0.00000320. The molecule has 162 valence electrons. The van der Waals surface area contributed by atoms with E-state index in [1.54, 1.807) is 30.9 Å². The first-order valence-electron chi connectivity index (χ1n) is 9.10. The Labute approximate surface area is 191 Å². The number of rotatable bonds is 8. The molecule has 0 spiro atoms. The van der Waals surface area contributed by atoms with Gasteiger partial charge in [-0.25, -0.2) is 4.98 Å². The van der Waals surface area contributed by atoms with Gasteiger partial charge in [0.1, 0.15) is 21.7 Å². The topological polar surface area (TPSA) is 54.9 Å². The third kappa shape index (κ3) is 5.18. The standard InChI is InChI=1S/C21H25N3O3S2.ClH/c1-23(2)11-12-24(20(25)14-7-6-8-15(13-14)28-5)21-22-18-16(26-3)9-10-17(27-4)19(18)29-21;/h6-10,13H,11-12H2,1-5H3;1H. The first-order valence-corrected chi connectivity index (χ1v) is 11.1. The summed E-state index contributed by atoms with van der Waals surface area (Å²) in [5.74, 6) is 1.31. The molecule has 0 atom stereocenters. The minimum atomic E-state index is -0.0697. The van der Waals surface area contributed by atoms with Crippen molar-refractivity contribution in [3.05, 3.63) is 42.0 Å². The highest BCUT2D eigenvalue weighted by Crippen LogP contribution is 2.40. The molecule has 0 unspecified atom stereocenters. The predicted octanol–water partition coefficient (Wildman–Crippen LogP) is 4.67. The molecule has 9 heteroatoms. The minimum Gasteiger partial charge on any atom is -0.495 e. The van der Waals surface area contributed by atoms with Crippen LogP contribution in [0.3, 0.4) is 0 Å². The Morgan fingerprint density at radius 1 is 1.10 bits per heavy atom. The molecule has 0 radical (unpaired) electrons. The second kappa shape index (κ2) is 10.9. The van der Waals surface area contributed by atoms with Crippen LogP contribution >= 0.6 is 35.5 Å². The molecule has 0 aliphatic carbocycles. The number of fused-ring (bicyclic) bond motifs is 1. The molecule has 0 aliphatic heterocycles. The van der Waals surface area contributed by atoms with Crippen molar-refractivity contribution < 1.29 is 14.3 Å². The van der Waals surface area contributed by atoms with Gasteiger partial charge in [0.2, 0.25) is 0 Å². The van der Waals surface area contributed by atoms with Gasteiger partial charge in [0.15, 0.2) is 5.13 Å². The molecule has 1 aromatic heterocycles. The van der Waals surface area contributed by atoms with Crippen molar-refractivity contribution in [3.8, 4) is 11.5 Å². The second-order valence-electron chi connectivity index (χ2n) is 6.64. The lowest BCUT2D eigenvalue weighted by Gasteiger charge is -2.22. The molecular weight excluding hydrogens is 442 g/mol. The maximum absolute atomic E-state index is 13.4. The van der Waals surface area contributed by atoms with Crippen molar-refractivity contribution in [1.82, 2.24) is 9.88 Å². The number of anilines is 1. The quantitative estimate of drug-likeness (QED) is 0.449. The third-order valence-corrected chi connectivity index (χ3v) is 6.28. The van der Waals surface area contributed by atoms with Gasteiger partial charge < -0.3 is 14.4 Å². The molecular formula is C21H26ClN3O3S2. The summed E-state index contributed by atoms with van der Waals surface area (Å²) >= 11 is 3.05. The number of amides is 1. The van der Waals surface area contributed by atoms with Gasteiger partial charge in [0.05, 0.1) is 14.2 Å². The van der Waals surface area contributed by atoms with E-state index in [1.807, 2.05) is 61.6 Å². The Hall–Kier alpha value is -2.00. The van der Waals surface area contributed by atoms with E-state index in [2.05, 4.69) is 0 Å². The largest absolute Gasteiger partial charge is 0.495 e. The van der Waals surface area contributed by atoms with E-state index >= 15 is 0 Å². The van der Waals surface area contributed by atoms with Gasteiger partial charge in [-0.3, -0.25) is 9.69 Å². The molecule has 0 saturated carbocycles. The molecule has 3 rings (SSSR count). The number of hydrogen-bond acceptors (Lipinski definition) is 7. The molecule has 0 N–H and O–H groups in total. The van der Waals surface area contributed by atoms with Crippen molar-refractivity contribution in [2.24, 2.45) is 0 Å². The molecule has 30 heavy (non-hydrogen) atoms. The van der Waals surface area contributed by atoms with Crippen LogP contribution in [-0.4, -0.2) is 63.5 Å². The van der Waals surface area contributed by atoms with Gasteiger partial charge in [0.25, 0.3) is 5.91 Å². The lowest BCUT2D eigenvalue weighted by atomic mass is 10.2. The smallest absolute Gasteiger partial charge is 0.260 e. The van der Waals surface area contributed by atoms with Crippen LogP contribution < -0.4 is 14.4 Å². The maximum atomic E-state index is 13.4. The number of hydrogen-bond donors (Lipinski definition) is 0. The minimum absolute atomic E-state index is 0. The summed E-state index contributed by atoms with van der Waals surface area (Å²) in [6.45, 7) is 1.25. The average molecular weight is 468 g/mol. The Bertz CT molecular complexity index is 969. The number of halogens is 1. The molecule has 0 saturated heterocycles. The number of benzene rings is 2. The number of carbonyl (C=O) groups is 1. The maximum Gasteiger partial charge on any atom is 0.260 e. The van der Waals surface area contributed by atoms with E-state index in [0.29, 0.717) is 34.3 Å². The number of carbonyl (C=O) groups excluding carboxylic acids is 1. The summed E-state index contributed by atoms with van der Waals surface area (Å²) in [6, 6.07) is 11.4. The zero-order valence-corrected chi connectivity index (χ0v) is 20.1. The fraction of sp³-hybridized carbons (Fsp3) is 0.333. The number of aromatic nitrogens is 1. The van der Waals surface area contributed by atoms with E-state index < -0.39 is 0 Å². The molecule has 2 aromatic carbocycles. The van der Waals surface area contributed by atoms with Gasteiger partial charge in [-0.1, -0.05) is 17.4 Å². The molecule has 1 amide bonds. The highest BCUT2D eigenvalue weighted by atomic mass is 35.5. The van der Waals surface area contributed by atoms with Crippen LogP contribution in [0.1, 0.15) is 10.4 Å². The van der Waals surface area contributed by atoms with Crippen molar-refractivity contribution in [1.29, 1.82) is 0 Å². The van der Waals surface area contributed by atoms with Crippen LogP contribution in [0.2, 0.25) is 0 Å². The van der Waals surface area contributed by atoms with E-state index in [1.165, 1.54) is 11.3 Å². The predicted molar refractivity (Wildman–Crippen MR) is 128 cm³/mol. The van der Waals surface area contributed by atoms with Crippen LogP contribution in [-0.2, 0) is 0 Å². The van der Waals surface area contributed by atoms with Gasteiger partial charge >= 0.3 is 0 Å². The van der Waals surface area contributed by atoms with E-state index in [0.717, 1.165) is 16.1 Å². The zero-order chi connectivity index (χ0) is 21.0. The van der Waals surface area contributed by atoms with E-state index in [-0.39, 0.29) is 18.3 Å². The number of nitrogens with zero attached hydrogens (tertiary/aromatic N) is 3. The molecule has 3 aromatic rings. The van der Waals surface area contributed by atoms with Crippen LogP contribution in [0.5, 0.6) is 11.5 Å². The van der Waals surface area contributed by atoms with Crippen molar-refractivity contribution >= 4 is 56.8 Å². The Kier molecular flexibility index (Phi) is 8.78. The highest BCUT2D eigenvalue weighted by Gasteiger charge is 2.24. The van der Waals surface area contributed by atoms with Gasteiger partial charge in [0, 0.05) is 23.5 Å². The SMILES string of the molecule is COc1ccc(OC)c2sc(N(CCN(C)C)C(=O)c3cccc(SC)c3)nc12.Cl. The lowest BCUT2D eigenvalue weighted by Crippen LogP contribution is -2.36. The Morgan fingerprint density at radius 3 is 2.43 bits per heavy atom. The first kappa shape index (κ1) is 24.3. The van der Waals surface area contributed by atoms with E-state index in [4.69, 9.17) is 14.5 Å². The van der Waals surface area contributed by atoms with Crippen molar-refractivity contribution in [2.75, 3.05) is 52.6 Å². The number of methoxy groups -OCH3 is 2. The Morgan fingerprint density at radius 2 is 1.80 bits per heavy atom. The average Bonchev–Trinajstić information content (AvgIpc) is 3.17. The lowest BCUT2D eigenvalue weighted by molar-refractivity contribution is 0.0985. The summed E-state index contributed by atoms with van der Waals surface area (Å²) in [7, 11) is 7.22. The first-order chi connectivity index (χ1) is 14.0. The third-order valence-electron chi connectivity index (χ3n) is 4.46. The van der Waals surface area contributed by atoms with Crippen LogP contribution in [0.25, 0.3) is 10.2 Å². The number of ether oxygens (including phenoxy) is 2. The molecule has 0 bridgehead atoms. The summed E-state index contributed by atoms with van der Waals surface area (Å²) in [6.07, 6.45) is 2.00. The molecule has 6 nitrogen and oxygen atoms in total. The van der Waals surface area contributed by atoms with Gasteiger partial charge in [-0.15, -0.1) is 24.2 Å². The summed E-state index contributed by atoms with van der Waals surface area (Å²) in [4.78, 5) is 23.0. The summed E-state index contributed by atoms with van der Waals surface area (Å²) in [5.41, 5.74) is 1.35. The highest BCUT2D eigenvalue weighted by molar-refractivity contribution is 7.98. The molecule has 0 fully saturated rings. The summed E-state index contributed by atoms with van der Waals surface area (Å²) < 4.78 is 11.8. The fourth-order valence-electron chi connectivity index (χ4n) is 2.89. The number of thioether (sulfide) groups is 1. The van der Waals surface area contributed by atoms with E-state index in [9.17, 15) is 4.79 Å². The fourth-order valence-corrected chi connectivity index (χ4v) is 4.44. The van der Waals surface area contributed by atoms with Crippen molar-refractivity contribution in [3.63, 3.8) is 0 Å². The molecule has 0 aliphatic rings. The molecule has 1 heterocycles. The second-order valence-corrected chi connectivity index (χ2v) is 8.49. The van der Waals surface area contributed by atoms with Gasteiger partial charge in [-0.05, 0) is 50.7 Å². The van der Waals surface area contributed by atoms with Crippen LogP contribution in [0.4, 0.5) is 5.13 Å². The number of thiazole rings is 1. The monoisotopic (exact) mass is 467 g/mol. The number of likely N-dealkylation sites (N-methyl/N-ethyl adjacent to an activating group) is 1. The van der Waals surface area contributed by atoms with Gasteiger partial charge in [-0.2, -0.15) is 0 Å².